The Morgan fingerprint density at radius 3 is 3.05 bits per heavy atom. The molecule has 3 heterocycles. The van der Waals surface area contributed by atoms with Gasteiger partial charge in [0.1, 0.15) is 6.10 Å². The van der Waals surface area contributed by atoms with Crippen LogP contribution in [0.4, 0.5) is 0 Å². The molecule has 0 amide bonds. The van der Waals surface area contributed by atoms with Gasteiger partial charge in [0.25, 0.3) is 0 Å². The lowest BCUT2D eigenvalue weighted by Crippen LogP contribution is -2.20. The van der Waals surface area contributed by atoms with Crippen LogP contribution in [0, 0.1) is 0 Å². The molecule has 0 saturated carbocycles. The number of aromatic nitrogens is 3. The van der Waals surface area contributed by atoms with Crippen molar-refractivity contribution >= 4 is 11.6 Å². The highest BCUT2D eigenvalue weighted by molar-refractivity contribution is 5.84. The number of hydrogen-bond donors (Lipinski definition) is 0. The van der Waals surface area contributed by atoms with Gasteiger partial charge in [-0.15, -0.1) is 0 Å². The third kappa shape index (κ3) is 2.09. The predicted octanol–water partition coefficient (Wildman–Crippen LogP) is 2.52. The minimum Gasteiger partial charge on any atom is -0.374 e. The van der Waals surface area contributed by atoms with E-state index in [9.17, 15) is 0 Å². The Kier molecular flexibility index (Phi) is 3.32. The summed E-state index contributed by atoms with van der Waals surface area (Å²) in [6.07, 6.45) is 10.1. The Balaban J connectivity index is 1.81. The van der Waals surface area contributed by atoms with Crippen LogP contribution < -0.4 is 0 Å². The van der Waals surface area contributed by atoms with Crippen LogP contribution in [-0.2, 0) is 29.5 Å². The molecular formula is C17H19N3O2. The molecule has 0 saturated heterocycles. The van der Waals surface area contributed by atoms with E-state index in [2.05, 4.69) is 16.2 Å². The summed E-state index contributed by atoms with van der Waals surface area (Å²) in [6.45, 7) is 1.22. The fourth-order valence-corrected chi connectivity index (χ4v) is 3.36. The van der Waals surface area contributed by atoms with Gasteiger partial charge in [-0.1, -0.05) is 0 Å². The third-order valence-electron chi connectivity index (χ3n) is 4.62. The molecule has 1 aliphatic heterocycles. The molecule has 2 aromatic rings. The molecule has 0 radical (unpaired) electrons. The van der Waals surface area contributed by atoms with Gasteiger partial charge in [-0.3, -0.25) is 9.67 Å². The zero-order chi connectivity index (χ0) is 15.1. The average Bonchev–Trinajstić information content (AvgIpc) is 2.94. The normalized spacial score (nSPS) is 20.3. The van der Waals surface area contributed by atoms with Crippen LogP contribution in [0.3, 0.4) is 0 Å². The first-order valence-electron chi connectivity index (χ1n) is 7.57. The molecule has 1 aliphatic carbocycles. The number of rotatable bonds is 2. The second-order valence-electron chi connectivity index (χ2n) is 5.84. The monoisotopic (exact) mass is 297 g/mol. The number of allylic oxidation sites excluding steroid dienone is 1. The van der Waals surface area contributed by atoms with Crippen LogP contribution in [-0.4, -0.2) is 28.5 Å². The van der Waals surface area contributed by atoms with Gasteiger partial charge in [-0.2, -0.15) is 5.10 Å². The van der Waals surface area contributed by atoms with Gasteiger partial charge in [0.2, 0.25) is 0 Å². The second kappa shape index (κ2) is 5.34. The maximum Gasteiger partial charge on any atom is 0.107 e. The van der Waals surface area contributed by atoms with E-state index < -0.39 is 0 Å². The molecule has 0 fully saturated rings. The Labute approximate surface area is 129 Å². The highest BCUT2D eigenvalue weighted by Gasteiger charge is 2.25. The van der Waals surface area contributed by atoms with Crippen LogP contribution in [0.5, 0.6) is 0 Å². The largest absolute Gasteiger partial charge is 0.374 e. The molecule has 5 heteroatoms. The summed E-state index contributed by atoms with van der Waals surface area (Å²) in [7, 11) is 3.71. The van der Waals surface area contributed by atoms with Gasteiger partial charge in [-0.05, 0) is 35.6 Å². The Morgan fingerprint density at radius 1 is 1.27 bits per heavy atom. The van der Waals surface area contributed by atoms with Crippen LogP contribution in [0.25, 0.3) is 11.6 Å². The van der Waals surface area contributed by atoms with Gasteiger partial charge in [-0.25, -0.2) is 0 Å². The number of aryl methyl sites for hydroxylation is 2. The van der Waals surface area contributed by atoms with Crippen LogP contribution >= 0.6 is 0 Å². The summed E-state index contributed by atoms with van der Waals surface area (Å²) >= 11 is 0. The highest BCUT2D eigenvalue weighted by Crippen LogP contribution is 2.36. The van der Waals surface area contributed by atoms with Crippen molar-refractivity contribution in [1.82, 2.24) is 14.8 Å². The minimum absolute atomic E-state index is 0.0207. The lowest BCUT2D eigenvalue weighted by atomic mass is 9.88. The molecule has 1 unspecified atom stereocenters. The summed E-state index contributed by atoms with van der Waals surface area (Å²) in [6, 6.07) is 0. The van der Waals surface area contributed by atoms with Gasteiger partial charge in [0.05, 0.1) is 25.1 Å². The zero-order valence-corrected chi connectivity index (χ0v) is 12.9. The molecule has 114 valence electrons. The standard InChI is InChI=1S/C17H19N3O2/c1-20-16-5-11(3-4-12(16)6-19-20)13-7-18-8-14-15(13)9-22-10-17(14)21-2/h5-8,17H,3-4,9-10H2,1-2H3. The summed E-state index contributed by atoms with van der Waals surface area (Å²) < 4.78 is 13.2. The first-order valence-corrected chi connectivity index (χ1v) is 7.57. The molecule has 0 N–H and O–H groups in total. The van der Waals surface area contributed by atoms with E-state index in [4.69, 9.17) is 9.47 Å². The van der Waals surface area contributed by atoms with Crippen molar-refractivity contribution in [1.29, 1.82) is 0 Å². The smallest absolute Gasteiger partial charge is 0.107 e. The van der Waals surface area contributed by atoms with Crippen molar-refractivity contribution in [3.63, 3.8) is 0 Å². The summed E-state index contributed by atoms with van der Waals surface area (Å²) in [5, 5.41) is 4.35. The fraction of sp³-hybridized carbons (Fsp3) is 0.412. The number of pyridine rings is 1. The second-order valence-corrected chi connectivity index (χ2v) is 5.84. The highest BCUT2D eigenvalue weighted by atomic mass is 16.5. The van der Waals surface area contributed by atoms with E-state index in [0.29, 0.717) is 13.2 Å². The van der Waals surface area contributed by atoms with Crippen molar-refractivity contribution < 1.29 is 9.47 Å². The van der Waals surface area contributed by atoms with Crippen molar-refractivity contribution in [2.24, 2.45) is 7.05 Å². The third-order valence-corrected chi connectivity index (χ3v) is 4.62. The minimum atomic E-state index is -0.0207. The SMILES string of the molecule is COC1COCc2c(C3=Cc4c(cnn4C)CC3)cncc21. The maximum absolute atomic E-state index is 5.71. The quantitative estimate of drug-likeness (QED) is 0.854. The summed E-state index contributed by atoms with van der Waals surface area (Å²) in [4.78, 5) is 4.44. The molecule has 0 spiro atoms. The van der Waals surface area contributed by atoms with E-state index in [0.717, 1.165) is 18.4 Å². The maximum atomic E-state index is 5.71. The van der Waals surface area contributed by atoms with E-state index >= 15 is 0 Å². The molecule has 0 aromatic carbocycles. The number of ether oxygens (including phenoxy) is 2. The Morgan fingerprint density at radius 2 is 2.18 bits per heavy atom. The lowest BCUT2D eigenvalue weighted by Gasteiger charge is -2.27. The van der Waals surface area contributed by atoms with Crippen molar-refractivity contribution in [3.8, 4) is 0 Å². The molecule has 5 nitrogen and oxygen atoms in total. The summed E-state index contributed by atoms with van der Waals surface area (Å²) in [5.41, 5.74) is 7.37. The van der Waals surface area contributed by atoms with Gasteiger partial charge in [0.15, 0.2) is 0 Å². The molecule has 2 aromatic heterocycles. The summed E-state index contributed by atoms with van der Waals surface area (Å²) in [5.74, 6) is 0. The van der Waals surface area contributed by atoms with E-state index in [1.807, 2.05) is 30.3 Å². The lowest BCUT2D eigenvalue weighted by molar-refractivity contribution is -0.0156. The fourth-order valence-electron chi connectivity index (χ4n) is 3.36. The molecule has 22 heavy (non-hydrogen) atoms. The Hall–Kier alpha value is -1.98. The number of methoxy groups -OCH3 is 1. The molecular weight excluding hydrogens is 278 g/mol. The molecule has 4 rings (SSSR count). The van der Waals surface area contributed by atoms with Crippen LogP contribution in [0.1, 0.15) is 40.5 Å². The van der Waals surface area contributed by atoms with E-state index in [1.54, 1.807) is 7.11 Å². The zero-order valence-electron chi connectivity index (χ0n) is 12.9. The predicted molar refractivity (Wildman–Crippen MR) is 83.0 cm³/mol. The van der Waals surface area contributed by atoms with E-state index in [1.165, 1.54) is 28.0 Å². The number of nitrogens with zero attached hydrogens (tertiary/aromatic N) is 3. The average molecular weight is 297 g/mol. The van der Waals surface area contributed by atoms with Crippen molar-refractivity contribution in [2.45, 2.75) is 25.6 Å². The topological polar surface area (TPSA) is 49.2 Å². The van der Waals surface area contributed by atoms with Crippen LogP contribution in [0.2, 0.25) is 0 Å². The first-order chi connectivity index (χ1) is 10.8. The van der Waals surface area contributed by atoms with Gasteiger partial charge in [0, 0.05) is 37.7 Å². The van der Waals surface area contributed by atoms with Gasteiger partial charge >= 0.3 is 0 Å². The molecule has 0 bridgehead atoms. The van der Waals surface area contributed by atoms with Crippen molar-refractivity contribution in [3.05, 3.63) is 46.5 Å². The molecule has 1 atom stereocenters. The first kappa shape index (κ1) is 13.7. The number of fused-ring (bicyclic) bond motifs is 2. The number of hydrogen-bond acceptors (Lipinski definition) is 4. The van der Waals surface area contributed by atoms with Gasteiger partial charge < -0.3 is 9.47 Å². The van der Waals surface area contributed by atoms with Crippen molar-refractivity contribution in [2.75, 3.05) is 13.7 Å². The van der Waals surface area contributed by atoms with Crippen LogP contribution in [0.15, 0.2) is 18.6 Å². The Bertz CT molecular complexity index is 748. The van der Waals surface area contributed by atoms with E-state index in [-0.39, 0.29) is 6.10 Å². The molecule has 2 aliphatic rings.